The van der Waals surface area contributed by atoms with E-state index in [0.717, 1.165) is 13.2 Å². The van der Waals surface area contributed by atoms with E-state index in [-0.39, 0.29) is 0 Å². The largest absolute Gasteiger partial charge is 0.378 e. The van der Waals surface area contributed by atoms with Gasteiger partial charge in [-0.25, -0.2) is 0 Å². The van der Waals surface area contributed by atoms with Crippen LogP contribution in [-0.4, -0.2) is 50.3 Å². The molecule has 18 heavy (non-hydrogen) atoms. The van der Waals surface area contributed by atoms with Gasteiger partial charge in [0.2, 0.25) is 0 Å². The van der Waals surface area contributed by atoms with E-state index in [1.54, 1.807) is 0 Å². The summed E-state index contributed by atoms with van der Waals surface area (Å²) >= 11 is 0. The zero-order valence-corrected chi connectivity index (χ0v) is 13.1. The van der Waals surface area contributed by atoms with Crippen molar-refractivity contribution in [3.05, 3.63) is 0 Å². The topological polar surface area (TPSA) is 24.5 Å². The Labute approximate surface area is 113 Å². The molecule has 0 aromatic rings. The lowest BCUT2D eigenvalue weighted by atomic mass is 9.61. The number of rotatable bonds is 8. The second-order valence-electron chi connectivity index (χ2n) is 6.25. The molecule has 0 saturated heterocycles. The van der Waals surface area contributed by atoms with Gasteiger partial charge in [-0.3, -0.25) is 0 Å². The Morgan fingerprint density at radius 3 is 2.56 bits per heavy atom. The van der Waals surface area contributed by atoms with Gasteiger partial charge in [-0.2, -0.15) is 0 Å². The van der Waals surface area contributed by atoms with Crippen LogP contribution in [0.4, 0.5) is 0 Å². The zero-order chi connectivity index (χ0) is 13.8. The predicted octanol–water partition coefficient (Wildman–Crippen LogP) is 2.51. The molecule has 1 saturated carbocycles. The van der Waals surface area contributed by atoms with E-state index in [9.17, 15) is 0 Å². The molecule has 1 rings (SSSR count). The highest BCUT2D eigenvalue weighted by Crippen LogP contribution is 2.46. The molecule has 1 aliphatic carbocycles. The van der Waals surface area contributed by atoms with Crippen molar-refractivity contribution in [3.63, 3.8) is 0 Å². The zero-order valence-electron chi connectivity index (χ0n) is 13.1. The SMILES string of the molecule is CCOC1CC(NC(C)CCN(C)C)C1(C)CC. The van der Waals surface area contributed by atoms with Gasteiger partial charge in [0.05, 0.1) is 6.10 Å². The minimum Gasteiger partial charge on any atom is -0.378 e. The van der Waals surface area contributed by atoms with Gasteiger partial charge in [-0.15, -0.1) is 0 Å². The molecule has 0 heterocycles. The third-order valence-corrected chi connectivity index (χ3v) is 4.61. The number of ether oxygens (including phenoxy) is 1. The van der Waals surface area contributed by atoms with Crippen LogP contribution in [0.1, 0.15) is 47.0 Å². The van der Waals surface area contributed by atoms with Gasteiger partial charge in [-0.05, 0) is 53.8 Å². The molecule has 0 spiro atoms. The maximum Gasteiger partial charge on any atom is 0.0658 e. The van der Waals surface area contributed by atoms with Gasteiger partial charge < -0.3 is 15.0 Å². The number of hydrogen-bond donors (Lipinski definition) is 1. The number of nitrogens with one attached hydrogen (secondary N) is 1. The average molecular weight is 256 g/mol. The minimum atomic E-state index is 0.322. The fraction of sp³-hybridized carbons (Fsp3) is 1.00. The summed E-state index contributed by atoms with van der Waals surface area (Å²) in [6, 6.07) is 1.21. The molecular formula is C15H32N2O. The van der Waals surface area contributed by atoms with E-state index in [0.29, 0.717) is 23.6 Å². The Kier molecular flexibility index (Phi) is 6.09. The Morgan fingerprint density at radius 1 is 1.39 bits per heavy atom. The van der Waals surface area contributed by atoms with Crippen molar-refractivity contribution in [2.75, 3.05) is 27.2 Å². The monoisotopic (exact) mass is 256 g/mol. The summed E-state index contributed by atoms with van der Waals surface area (Å²) in [6.45, 7) is 11.0. The summed E-state index contributed by atoms with van der Waals surface area (Å²) in [7, 11) is 4.27. The maximum atomic E-state index is 5.85. The number of hydrogen-bond acceptors (Lipinski definition) is 3. The van der Waals surface area contributed by atoms with Crippen LogP contribution in [-0.2, 0) is 4.74 Å². The molecule has 0 bridgehead atoms. The second kappa shape index (κ2) is 6.88. The van der Waals surface area contributed by atoms with Crippen LogP contribution in [0.3, 0.4) is 0 Å². The van der Waals surface area contributed by atoms with E-state index in [1.807, 2.05) is 0 Å². The summed E-state index contributed by atoms with van der Waals surface area (Å²) < 4.78 is 5.85. The van der Waals surface area contributed by atoms with E-state index in [1.165, 1.54) is 19.3 Å². The molecule has 0 aromatic heterocycles. The summed E-state index contributed by atoms with van der Waals surface area (Å²) in [6.07, 6.45) is 4.02. The summed E-state index contributed by atoms with van der Waals surface area (Å²) in [5, 5.41) is 3.79. The van der Waals surface area contributed by atoms with Crippen molar-refractivity contribution < 1.29 is 4.74 Å². The van der Waals surface area contributed by atoms with Gasteiger partial charge in [-0.1, -0.05) is 13.8 Å². The third kappa shape index (κ3) is 3.69. The maximum absolute atomic E-state index is 5.85. The van der Waals surface area contributed by atoms with Crippen molar-refractivity contribution in [3.8, 4) is 0 Å². The highest BCUT2D eigenvalue weighted by Gasteiger charge is 2.51. The molecule has 1 aliphatic rings. The molecule has 0 amide bonds. The first-order valence-electron chi connectivity index (χ1n) is 7.46. The fourth-order valence-electron chi connectivity index (χ4n) is 2.89. The minimum absolute atomic E-state index is 0.322. The van der Waals surface area contributed by atoms with Crippen LogP contribution in [0.2, 0.25) is 0 Å². The van der Waals surface area contributed by atoms with Crippen molar-refractivity contribution in [2.45, 2.75) is 65.1 Å². The van der Waals surface area contributed by atoms with Crippen LogP contribution >= 0.6 is 0 Å². The quantitative estimate of drug-likeness (QED) is 0.722. The van der Waals surface area contributed by atoms with E-state index in [2.05, 4.69) is 52.0 Å². The first-order valence-corrected chi connectivity index (χ1v) is 7.46. The van der Waals surface area contributed by atoms with Crippen LogP contribution in [0.5, 0.6) is 0 Å². The van der Waals surface area contributed by atoms with E-state index in [4.69, 9.17) is 4.74 Å². The molecule has 4 atom stereocenters. The summed E-state index contributed by atoms with van der Waals surface area (Å²) in [5.74, 6) is 0. The van der Waals surface area contributed by atoms with Crippen molar-refractivity contribution in [1.29, 1.82) is 0 Å². The molecular weight excluding hydrogens is 224 g/mol. The Bertz CT molecular complexity index is 245. The Balaban J connectivity index is 2.39. The predicted molar refractivity (Wildman–Crippen MR) is 78.0 cm³/mol. The Hall–Kier alpha value is -0.120. The van der Waals surface area contributed by atoms with Gasteiger partial charge in [0.15, 0.2) is 0 Å². The van der Waals surface area contributed by atoms with Gasteiger partial charge in [0.25, 0.3) is 0 Å². The standard InChI is InChI=1S/C15H32N2O/c1-7-15(4)13(11-14(15)18-8-2)16-12(3)9-10-17(5)6/h12-14,16H,7-11H2,1-6H3. The lowest BCUT2D eigenvalue weighted by Gasteiger charge is -2.54. The number of nitrogens with zero attached hydrogens (tertiary/aromatic N) is 1. The van der Waals surface area contributed by atoms with Crippen molar-refractivity contribution in [2.24, 2.45) is 5.41 Å². The fourth-order valence-corrected chi connectivity index (χ4v) is 2.89. The highest BCUT2D eigenvalue weighted by molar-refractivity contribution is 5.05. The van der Waals surface area contributed by atoms with Crippen LogP contribution in [0.25, 0.3) is 0 Å². The summed E-state index contributed by atoms with van der Waals surface area (Å²) in [4.78, 5) is 2.25. The molecule has 0 aliphatic heterocycles. The molecule has 108 valence electrons. The first-order chi connectivity index (χ1) is 8.43. The lowest BCUT2D eigenvalue weighted by Crippen LogP contribution is -2.63. The molecule has 0 radical (unpaired) electrons. The van der Waals surface area contributed by atoms with E-state index < -0.39 is 0 Å². The van der Waals surface area contributed by atoms with Crippen LogP contribution in [0, 0.1) is 5.41 Å². The Morgan fingerprint density at radius 2 is 2.06 bits per heavy atom. The average Bonchev–Trinajstić information content (AvgIpc) is 2.34. The van der Waals surface area contributed by atoms with Gasteiger partial charge in [0.1, 0.15) is 0 Å². The molecule has 1 N–H and O–H groups in total. The van der Waals surface area contributed by atoms with Crippen molar-refractivity contribution >= 4 is 0 Å². The molecule has 0 aromatic carbocycles. The molecule has 1 fully saturated rings. The van der Waals surface area contributed by atoms with Crippen molar-refractivity contribution in [1.82, 2.24) is 10.2 Å². The van der Waals surface area contributed by atoms with Crippen LogP contribution in [0.15, 0.2) is 0 Å². The summed E-state index contributed by atoms with van der Waals surface area (Å²) in [5.41, 5.74) is 0.322. The molecule has 3 heteroatoms. The third-order valence-electron chi connectivity index (χ3n) is 4.61. The van der Waals surface area contributed by atoms with Gasteiger partial charge in [0, 0.05) is 24.1 Å². The highest BCUT2D eigenvalue weighted by atomic mass is 16.5. The first kappa shape index (κ1) is 15.9. The van der Waals surface area contributed by atoms with Gasteiger partial charge >= 0.3 is 0 Å². The lowest BCUT2D eigenvalue weighted by molar-refractivity contribution is -0.127. The molecule has 3 nitrogen and oxygen atoms in total. The molecule has 4 unspecified atom stereocenters. The smallest absolute Gasteiger partial charge is 0.0658 e. The van der Waals surface area contributed by atoms with E-state index >= 15 is 0 Å². The normalized spacial score (nSPS) is 33.5. The second-order valence-corrected chi connectivity index (χ2v) is 6.25. The van der Waals surface area contributed by atoms with Crippen LogP contribution < -0.4 is 5.32 Å².